The van der Waals surface area contributed by atoms with E-state index in [9.17, 15) is 9.59 Å². The molecule has 0 aliphatic heterocycles. The molecule has 0 unspecified atom stereocenters. The second kappa shape index (κ2) is 7.27. The highest BCUT2D eigenvalue weighted by atomic mass is 16.5. The number of hydrogen-bond donors (Lipinski definition) is 0. The summed E-state index contributed by atoms with van der Waals surface area (Å²) in [5, 5.41) is 0. The third kappa shape index (κ3) is 4.05. The molecule has 0 atom stereocenters. The second-order valence-corrected chi connectivity index (χ2v) is 3.61. The van der Waals surface area contributed by atoms with Crippen molar-refractivity contribution in [1.82, 2.24) is 0 Å². The molecule has 0 N–H and O–H groups in total. The molecule has 1 rings (SSSR count). The maximum absolute atomic E-state index is 11.8. The van der Waals surface area contributed by atoms with Gasteiger partial charge in [0.25, 0.3) is 0 Å². The Labute approximate surface area is 106 Å². The molecule has 0 aliphatic rings. The summed E-state index contributed by atoms with van der Waals surface area (Å²) in [6.45, 7) is 5.67. The van der Waals surface area contributed by atoms with Crippen LogP contribution >= 0.6 is 0 Å². The molecule has 0 bridgehead atoms. The zero-order chi connectivity index (χ0) is 13.4. The summed E-state index contributed by atoms with van der Waals surface area (Å²) in [7, 11) is 0. The first-order valence-corrected chi connectivity index (χ1v) is 5.79. The van der Waals surface area contributed by atoms with Gasteiger partial charge >= 0.3 is 11.9 Å². The van der Waals surface area contributed by atoms with E-state index in [2.05, 4.69) is 6.58 Å². The number of carbonyl (C=O) groups excluding carboxylic acids is 2. The van der Waals surface area contributed by atoms with Gasteiger partial charge in [0.05, 0.1) is 6.61 Å². The minimum absolute atomic E-state index is 0.184. The van der Waals surface area contributed by atoms with Gasteiger partial charge in [0.1, 0.15) is 11.3 Å². The lowest BCUT2D eigenvalue weighted by molar-refractivity contribution is -0.128. The summed E-state index contributed by atoms with van der Waals surface area (Å²) in [4.78, 5) is 22.9. The van der Waals surface area contributed by atoms with Crippen LogP contribution in [0.4, 0.5) is 0 Å². The number of benzene rings is 1. The normalized spacial score (nSPS) is 9.61. The Morgan fingerprint density at radius 1 is 1.33 bits per heavy atom. The summed E-state index contributed by atoms with van der Waals surface area (Å²) >= 11 is 0. The van der Waals surface area contributed by atoms with Crippen molar-refractivity contribution in [3.63, 3.8) is 0 Å². The molecule has 0 radical (unpaired) electrons. The van der Waals surface area contributed by atoms with E-state index in [-0.39, 0.29) is 11.3 Å². The van der Waals surface area contributed by atoms with Gasteiger partial charge in [-0.2, -0.15) is 0 Å². The van der Waals surface area contributed by atoms with Crippen molar-refractivity contribution in [2.24, 2.45) is 0 Å². The zero-order valence-electron chi connectivity index (χ0n) is 10.3. The maximum atomic E-state index is 11.8. The van der Waals surface area contributed by atoms with Gasteiger partial charge in [-0.3, -0.25) is 0 Å². The van der Waals surface area contributed by atoms with E-state index in [0.717, 1.165) is 18.9 Å². The van der Waals surface area contributed by atoms with Crippen LogP contribution in [-0.4, -0.2) is 18.5 Å². The predicted octanol–water partition coefficient (Wildman–Crippen LogP) is 2.73. The first-order chi connectivity index (χ1) is 8.69. The smallest absolute Gasteiger partial charge is 0.341 e. The van der Waals surface area contributed by atoms with Crippen LogP contribution in [0.25, 0.3) is 0 Å². The summed E-state index contributed by atoms with van der Waals surface area (Å²) in [5.41, 5.74) is 0.240. The van der Waals surface area contributed by atoms with E-state index in [4.69, 9.17) is 9.47 Å². The Hall–Kier alpha value is -2.10. The van der Waals surface area contributed by atoms with Gasteiger partial charge in [-0.25, -0.2) is 9.59 Å². The quantitative estimate of drug-likeness (QED) is 0.336. The highest BCUT2D eigenvalue weighted by Gasteiger charge is 2.14. The standard InChI is InChI=1S/C14H16O4/c1-3-5-10-17-14(16)11-8-6-7-9-12(11)18-13(15)4-2/h4,6-9H,2-3,5,10H2,1H3. The molecule has 0 fully saturated rings. The van der Waals surface area contributed by atoms with E-state index in [1.807, 2.05) is 6.92 Å². The van der Waals surface area contributed by atoms with Crippen molar-refractivity contribution in [2.45, 2.75) is 19.8 Å². The molecule has 1 aromatic rings. The van der Waals surface area contributed by atoms with E-state index >= 15 is 0 Å². The molecule has 0 aliphatic carbocycles. The van der Waals surface area contributed by atoms with Crippen molar-refractivity contribution in [1.29, 1.82) is 0 Å². The van der Waals surface area contributed by atoms with E-state index < -0.39 is 11.9 Å². The van der Waals surface area contributed by atoms with Gasteiger partial charge in [-0.1, -0.05) is 32.1 Å². The molecule has 0 aromatic heterocycles. The summed E-state index contributed by atoms with van der Waals surface area (Å²) < 4.78 is 10.0. The van der Waals surface area contributed by atoms with Crippen LogP contribution in [-0.2, 0) is 9.53 Å². The molecule has 96 valence electrons. The van der Waals surface area contributed by atoms with Crippen LogP contribution in [0.1, 0.15) is 30.1 Å². The Morgan fingerprint density at radius 3 is 2.72 bits per heavy atom. The number of rotatable bonds is 6. The molecular weight excluding hydrogens is 232 g/mol. The average Bonchev–Trinajstić information content (AvgIpc) is 2.39. The highest BCUT2D eigenvalue weighted by molar-refractivity contribution is 5.94. The van der Waals surface area contributed by atoms with Gasteiger partial charge in [0.2, 0.25) is 0 Å². The zero-order valence-corrected chi connectivity index (χ0v) is 10.3. The molecule has 0 heterocycles. The Balaban J connectivity index is 2.77. The summed E-state index contributed by atoms with van der Waals surface area (Å²) in [6, 6.07) is 6.45. The van der Waals surface area contributed by atoms with Gasteiger partial charge in [-0.15, -0.1) is 0 Å². The predicted molar refractivity (Wildman–Crippen MR) is 67.5 cm³/mol. The molecule has 4 nitrogen and oxygen atoms in total. The lowest BCUT2D eigenvalue weighted by Gasteiger charge is -2.08. The summed E-state index contributed by atoms with van der Waals surface area (Å²) in [5.74, 6) is -0.913. The van der Waals surface area contributed by atoms with Gasteiger partial charge < -0.3 is 9.47 Å². The average molecular weight is 248 g/mol. The largest absolute Gasteiger partial charge is 0.462 e. The molecule has 0 spiro atoms. The van der Waals surface area contributed by atoms with Crippen LogP contribution in [0, 0.1) is 0 Å². The third-order valence-electron chi connectivity index (χ3n) is 2.22. The fraction of sp³-hybridized carbons (Fsp3) is 0.286. The van der Waals surface area contributed by atoms with Crippen LogP contribution in [0.5, 0.6) is 5.75 Å². The number of esters is 2. The van der Waals surface area contributed by atoms with Crippen LogP contribution in [0.3, 0.4) is 0 Å². The fourth-order valence-electron chi connectivity index (χ4n) is 1.26. The van der Waals surface area contributed by atoms with E-state index in [1.54, 1.807) is 18.2 Å². The SMILES string of the molecule is C=CC(=O)Oc1ccccc1C(=O)OCCCC. The van der Waals surface area contributed by atoms with Crippen molar-refractivity contribution in [2.75, 3.05) is 6.61 Å². The van der Waals surface area contributed by atoms with Crippen molar-refractivity contribution < 1.29 is 19.1 Å². The molecule has 4 heteroatoms. The van der Waals surface area contributed by atoms with E-state index in [0.29, 0.717) is 6.61 Å². The number of para-hydroxylation sites is 1. The number of carbonyl (C=O) groups is 2. The van der Waals surface area contributed by atoms with Crippen LogP contribution in [0.2, 0.25) is 0 Å². The second-order valence-electron chi connectivity index (χ2n) is 3.61. The first-order valence-electron chi connectivity index (χ1n) is 5.79. The van der Waals surface area contributed by atoms with E-state index in [1.165, 1.54) is 6.07 Å². The first kappa shape index (κ1) is 14.0. The topological polar surface area (TPSA) is 52.6 Å². The fourth-order valence-corrected chi connectivity index (χ4v) is 1.26. The lowest BCUT2D eigenvalue weighted by atomic mass is 10.2. The maximum Gasteiger partial charge on any atom is 0.341 e. The van der Waals surface area contributed by atoms with Crippen LogP contribution in [0.15, 0.2) is 36.9 Å². The van der Waals surface area contributed by atoms with Gasteiger partial charge in [0, 0.05) is 6.08 Å². The molecule has 0 saturated carbocycles. The third-order valence-corrected chi connectivity index (χ3v) is 2.22. The lowest BCUT2D eigenvalue weighted by Crippen LogP contribution is -2.11. The Morgan fingerprint density at radius 2 is 2.06 bits per heavy atom. The molecule has 1 aromatic carbocycles. The minimum atomic E-state index is -0.608. The van der Waals surface area contributed by atoms with Crippen LogP contribution < -0.4 is 4.74 Å². The summed E-state index contributed by atoms with van der Waals surface area (Å²) in [6.07, 6.45) is 2.79. The molecular formula is C14H16O4. The van der Waals surface area contributed by atoms with Gasteiger partial charge in [0.15, 0.2) is 0 Å². The highest BCUT2D eigenvalue weighted by Crippen LogP contribution is 2.19. The number of unbranched alkanes of at least 4 members (excludes halogenated alkanes) is 1. The van der Waals surface area contributed by atoms with Crippen molar-refractivity contribution in [3.05, 3.63) is 42.5 Å². The Bertz CT molecular complexity index is 437. The number of hydrogen-bond acceptors (Lipinski definition) is 4. The van der Waals surface area contributed by atoms with Crippen molar-refractivity contribution >= 4 is 11.9 Å². The van der Waals surface area contributed by atoms with Gasteiger partial charge in [-0.05, 0) is 18.6 Å². The monoisotopic (exact) mass is 248 g/mol. The van der Waals surface area contributed by atoms with Crippen molar-refractivity contribution in [3.8, 4) is 5.75 Å². The Kier molecular flexibility index (Phi) is 5.64. The minimum Gasteiger partial charge on any atom is -0.462 e. The molecule has 18 heavy (non-hydrogen) atoms. The molecule has 0 amide bonds. The molecule has 0 saturated heterocycles. The number of ether oxygens (including phenoxy) is 2.